The summed E-state index contributed by atoms with van der Waals surface area (Å²) in [5.41, 5.74) is 5.51. The SMILES string of the molecule is N=C(N)NCCC[C@H](NC(=O)[C@@H]1CCCN1C(=O)[C@@H](NC(=O)O)c1cccnc1)C(=O)CF. The van der Waals surface area contributed by atoms with Crippen molar-refractivity contribution >= 4 is 29.7 Å². The molecule has 1 fully saturated rings. The first-order valence-electron chi connectivity index (χ1n) is 10.4. The average Bonchev–Trinajstić information content (AvgIpc) is 3.29. The van der Waals surface area contributed by atoms with Gasteiger partial charge in [-0.05, 0) is 31.7 Å². The lowest BCUT2D eigenvalue weighted by Gasteiger charge is -2.29. The molecule has 13 heteroatoms. The molecule has 1 aliphatic rings. The van der Waals surface area contributed by atoms with Crippen molar-refractivity contribution in [1.82, 2.24) is 25.8 Å². The number of nitrogens with one attached hydrogen (secondary N) is 4. The Morgan fingerprint density at radius 3 is 2.70 bits per heavy atom. The molecule has 2 rings (SSSR count). The van der Waals surface area contributed by atoms with Gasteiger partial charge in [0.2, 0.25) is 5.91 Å². The summed E-state index contributed by atoms with van der Waals surface area (Å²) in [4.78, 5) is 54.5. The molecule has 1 aromatic rings. The van der Waals surface area contributed by atoms with Crippen molar-refractivity contribution in [2.24, 2.45) is 5.73 Å². The third-order valence-electron chi connectivity index (χ3n) is 5.19. The van der Waals surface area contributed by atoms with Crippen molar-refractivity contribution in [2.75, 3.05) is 19.8 Å². The van der Waals surface area contributed by atoms with Gasteiger partial charge in [-0.1, -0.05) is 6.07 Å². The fraction of sp³-hybridized carbons (Fsp3) is 0.500. The van der Waals surface area contributed by atoms with Gasteiger partial charge in [-0.25, -0.2) is 9.18 Å². The van der Waals surface area contributed by atoms with Gasteiger partial charge in [0, 0.05) is 31.0 Å². The van der Waals surface area contributed by atoms with Crippen LogP contribution in [0.15, 0.2) is 24.5 Å². The first-order valence-corrected chi connectivity index (χ1v) is 10.4. The zero-order valence-electron chi connectivity index (χ0n) is 17.9. The van der Waals surface area contributed by atoms with Gasteiger partial charge < -0.3 is 31.7 Å². The number of nitrogens with two attached hydrogens (primary N) is 1. The predicted octanol–water partition coefficient (Wildman–Crippen LogP) is -0.332. The van der Waals surface area contributed by atoms with E-state index in [9.17, 15) is 28.7 Å². The number of aromatic nitrogens is 1. The summed E-state index contributed by atoms with van der Waals surface area (Å²) in [6.45, 7) is -0.772. The lowest BCUT2D eigenvalue weighted by Crippen LogP contribution is -2.53. The fourth-order valence-electron chi connectivity index (χ4n) is 3.63. The third kappa shape index (κ3) is 7.40. The van der Waals surface area contributed by atoms with Gasteiger partial charge in [0.1, 0.15) is 18.8 Å². The molecule has 1 aliphatic heterocycles. The van der Waals surface area contributed by atoms with E-state index in [0.717, 1.165) is 0 Å². The normalized spacial score (nSPS) is 17.0. The maximum atomic E-state index is 13.2. The number of halogens is 1. The predicted molar refractivity (Wildman–Crippen MR) is 115 cm³/mol. The van der Waals surface area contributed by atoms with Crippen molar-refractivity contribution in [2.45, 2.75) is 43.8 Å². The van der Waals surface area contributed by atoms with Crippen LogP contribution in [0.1, 0.15) is 37.3 Å². The lowest BCUT2D eigenvalue weighted by molar-refractivity contribution is -0.140. The van der Waals surface area contributed by atoms with Crippen molar-refractivity contribution in [3.8, 4) is 0 Å². The van der Waals surface area contributed by atoms with Crippen LogP contribution >= 0.6 is 0 Å². The number of hydrogen-bond acceptors (Lipinski definition) is 6. The van der Waals surface area contributed by atoms with E-state index in [1.807, 2.05) is 0 Å². The molecule has 1 aromatic heterocycles. The summed E-state index contributed by atoms with van der Waals surface area (Å²) in [5, 5.41) is 23.5. The van der Waals surface area contributed by atoms with Crippen LogP contribution in [-0.2, 0) is 14.4 Å². The van der Waals surface area contributed by atoms with Crippen LogP contribution in [0.5, 0.6) is 0 Å². The second kappa shape index (κ2) is 12.3. The Morgan fingerprint density at radius 1 is 1.33 bits per heavy atom. The maximum Gasteiger partial charge on any atom is 0.405 e. The third-order valence-corrected chi connectivity index (χ3v) is 5.19. The van der Waals surface area contributed by atoms with Crippen LogP contribution < -0.4 is 21.7 Å². The first-order chi connectivity index (χ1) is 15.7. The number of carbonyl (C=O) groups is 4. The number of amides is 3. The molecule has 0 bridgehead atoms. The Kier molecular flexibility index (Phi) is 9.51. The van der Waals surface area contributed by atoms with Crippen LogP contribution in [0.25, 0.3) is 0 Å². The van der Waals surface area contributed by atoms with Crippen LogP contribution in [0, 0.1) is 5.41 Å². The van der Waals surface area contributed by atoms with Crippen LogP contribution in [0.2, 0.25) is 0 Å². The topological polar surface area (TPSA) is 191 Å². The van der Waals surface area contributed by atoms with E-state index >= 15 is 0 Å². The summed E-state index contributed by atoms with van der Waals surface area (Å²) in [5.74, 6) is -2.29. The van der Waals surface area contributed by atoms with Gasteiger partial charge in [-0.3, -0.25) is 24.8 Å². The number of carboxylic acid groups (broad SMARTS) is 1. The molecule has 33 heavy (non-hydrogen) atoms. The molecule has 0 radical (unpaired) electrons. The van der Waals surface area contributed by atoms with Gasteiger partial charge in [-0.15, -0.1) is 0 Å². The minimum absolute atomic E-state index is 0.119. The molecule has 0 saturated carbocycles. The average molecular weight is 465 g/mol. The van der Waals surface area contributed by atoms with E-state index < -0.39 is 48.5 Å². The Balaban J connectivity index is 2.11. The largest absolute Gasteiger partial charge is 0.465 e. The summed E-state index contributed by atoms with van der Waals surface area (Å²) < 4.78 is 13.0. The van der Waals surface area contributed by atoms with E-state index in [0.29, 0.717) is 24.8 Å². The molecule has 1 saturated heterocycles. The number of ketones is 1. The molecular weight excluding hydrogens is 437 g/mol. The van der Waals surface area contributed by atoms with Gasteiger partial charge in [0.05, 0.1) is 6.04 Å². The number of likely N-dealkylation sites (tertiary alicyclic amines) is 1. The number of pyridine rings is 1. The van der Waals surface area contributed by atoms with Gasteiger partial charge >= 0.3 is 6.09 Å². The van der Waals surface area contributed by atoms with E-state index in [1.165, 1.54) is 17.3 Å². The second-order valence-electron chi connectivity index (χ2n) is 7.50. The monoisotopic (exact) mass is 465 g/mol. The molecule has 0 aliphatic carbocycles. The van der Waals surface area contributed by atoms with Crippen LogP contribution in [0.3, 0.4) is 0 Å². The molecule has 3 atom stereocenters. The highest BCUT2D eigenvalue weighted by Crippen LogP contribution is 2.24. The zero-order chi connectivity index (χ0) is 24.4. The summed E-state index contributed by atoms with van der Waals surface area (Å²) in [6.07, 6.45) is 2.70. The van der Waals surface area contributed by atoms with Crippen molar-refractivity contribution in [3.05, 3.63) is 30.1 Å². The van der Waals surface area contributed by atoms with Gasteiger partial charge in [0.15, 0.2) is 11.7 Å². The van der Waals surface area contributed by atoms with Crippen LogP contribution in [-0.4, -0.2) is 76.5 Å². The minimum Gasteiger partial charge on any atom is -0.465 e. The van der Waals surface area contributed by atoms with Gasteiger partial charge in [-0.2, -0.15) is 0 Å². The number of nitrogens with zero attached hydrogens (tertiary/aromatic N) is 2. The molecular formula is C20H28FN7O5. The van der Waals surface area contributed by atoms with Crippen molar-refractivity contribution in [1.29, 1.82) is 5.41 Å². The summed E-state index contributed by atoms with van der Waals surface area (Å²) >= 11 is 0. The fourth-order valence-corrected chi connectivity index (χ4v) is 3.63. The van der Waals surface area contributed by atoms with Gasteiger partial charge in [0.25, 0.3) is 5.91 Å². The van der Waals surface area contributed by atoms with Crippen molar-refractivity contribution in [3.63, 3.8) is 0 Å². The molecule has 0 spiro atoms. The summed E-state index contributed by atoms with van der Waals surface area (Å²) in [7, 11) is 0. The van der Waals surface area contributed by atoms with E-state index in [1.54, 1.807) is 12.1 Å². The Hall–Kier alpha value is -3.77. The van der Waals surface area contributed by atoms with E-state index in [2.05, 4.69) is 20.9 Å². The number of rotatable bonds is 11. The molecule has 0 unspecified atom stereocenters. The molecule has 0 aromatic carbocycles. The lowest BCUT2D eigenvalue weighted by atomic mass is 10.0. The molecule has 180 valence electrons. The number of hydrogen-bond donors (Lipinski definition) is 6. The number of alkyl halides is 1. The zero-order valence-corrected chi connectivity index (χ0v) is 17.9. The quantitative estimate of drug-likeness (QED) is 0.145. The Labute approximate surface area is 189 Å². The standard InChI is InChI=1S/C20H28FN7O5/c21-10-15(29)13(5-2-8-25-19(22)23)26-17(30)14-6-3-9-28(14)18(31)16(27-20(32)33)12-4-1-7-24-11-12/h1,4,7,11,13-14,16,27H,2-3,5-6,8-10H2,(H,26,30)(H,32,33)(H4,22,23,25)/t13-,14-,16-/m0/s1. The Bertz CT molecular complexity index is 870. The maximum absolute atomic E-state index is 13.2. The highest BCUT2D eigenvalue weighted by molar-refractivity contribution is 5.95. The smallest absolute Gasteiger partial charge is 0.405 e. The van der Waals surface area contributed by atoms with Crippen molar-refractivity contribution < 1.29 is 28.7 Å². The number of guanidine groups is 1. The molecule has 2 heterocycles. The molecule has 3 amide bonds. The Morgan fingerprint density at radius 2 is 2.09 bits per heavy atom. The van der Waals surface area contributed by atoms with E-state index in [-0.39, 0.29) is 25.5 Å². The number of carbonyl (C=O) groups excluding carboxylic acids is 3. The van der Waals surface area contributed by atoms with Crippen LogP contribution in [0.4, 0.5) is 9.18 Å². The minimum atomic E-state index is -1.41. The second-order valence-corrected chi connectivity index (χ2v) is 7.50. The molecule has 7 N–H and O–H groups in total. The number of Topliss-reactive ketones (excluding diaryl/α,β-unsaturated/α-hetero) is 1. The highest BCUT2D eigenvalue weighted by Gasteiger charge is 2.39. The van der Waals surface area contributed by atoms with E-state index in [4.69, 9.17) is 11.1 Å². The summed E-state index contributed by atoms with van der Waals surface area (Å²) in [6, 6.07) is -0.188. The molecule has 12 nitrogen and oxygen atoms in total. The highest BCUT2D eigenvalue weighted by atomic mass is 19.1. The first kappa shape index (κ1) is 25.5.